The Kier molecular flexibility index (Phi) is 6.00. The molecule has 0 heterocycles. The Morgan fingerprint density at radius 3 is 2.72 bits per heavy atom. The van der Waals surface area contributed by atoms with Crippen molar-refractivity contribution in [1.29, 1.82) is 0 Å². The van der Waals surface area contributed by atoms with Gasteiger partial charge >= 0.3 is 0 Å². The molecular weight excluding hydrogens is 234 g/mol. The molecule has 0 atom stereocenters. The third-order valence-corrected chi connectivity index (χ3v) is 2.34. The lowest BCUT2D eigenvalue weighted by Gasteiger charge is -2.06. The van der Waals surface area contributed by atoms with Crippen molar-refractivity contribution in [2.45, 2.75) is 19.8 Å². The quantitative estimate of drug-likeness (QED) is 0.510. The summed E-state index contributed by atoms with van der Waals surface area (Å²) in [6.45, 7) is 3.91. The van der Waals surface area contributed by atoms with E-state index in [-0.39, 0.29) is 17.4 Å². The Hall–Kier alpha value is -1.75. The molecule has 0 fully saturated rings. The molecule has 0 aromatic heterocycles. The lowest BCUT2D eigenvalue weighted by atomic mass is 10.2. The van der Waals surface area contributed by atoms with Crippen LogP contribution in [-0.4, -0.2) is 35.9 Å². The second kappa shape index (κ2) is 7.55. The fourth-order valence-corrected chi connectivity index (χ4v) is 1.39. The molecule has 0 aliphatic rings. The molecule has 0 unspecified atom stereocenters. The molecule has 0 spiro atoms. The van der Waals surface area contributed by atoms with Gasteiger partial charge in [0.05, 0.1) is 0 Å². The van der Waals surface area contributed by atoms with Crippen LogP contribution in [0.2, 0.25) is 0 Å². The van der Waals surface area contributed by atoms with Gasteiger partial charge in [-0.3, -0.25) is 4.79 Å². The Bertz CT molecular complexity index is 393. The summed E-state index contributed by atoms with van der Waals surface area (Å²) in [5, 5.41) is 21.1. The molecule has 1 rings (SSSR count). The maximum atomic E-state index is 11.7. The molecule has 0 saturated carbocycles. The first kappa shape index (κ1) is 14.3. The van der Waals surface area contributed by atoms with Gasteiger partial charge in [-0.25, -0.2) is 0 Å². The van der Waals surface area contributed by atoms with Crippen LogP contribution in [0.5, 0.6) is 11.5 Å². The fourth-order valence-electron chi connectivity index (χ4n) is 1.39. The van der Waals surface area contributed by atoms with E-state index in [0.29, 0.717) is 18.7 Å². The van der Waals surface area contributed by atoms with Crippen molar-refractivity contribution >= 4 is 5.91 Å². The van der Waals surface area contributed by atoms with Gasteiger partial charge in [0.2, 0.25) is 0 Å². The Morgan fingerprint density at radius 2 is 2.06 bits per heavy atom. The van der Waals surface area contributed by atoms with Crippen LogP contribution in [0.4, 0.5) is 0 Å². The zero-order valence-electron chi connectivity index (χ0n) is 10.5. The molecule has 5 nitrogen and oxygen atoms in total. The summed E-state index contributed by atoms with van der Waals surface area (Å²) >= 11 is 0. The van der Waals surface area contributed by atoms with Gasteiger partial charge in [-0.2, -0.15) is 0 Å². The third kappa shape index (κ3) is 4.63. The number of phenolic OH excluding ortho intramolecular Hbond substituents is 2. The van der Waals surface area contributed by atoms with Gasteiger partial charge < -0.3 is 20.3 Å². The number of aromatic hydroxyl groups is 2. The van der Waals surface area contributed by atoms with Crippen LogP contribution in [0, 0.1) is 0 Å². The van der Waals surface area contributed by atoms with Gasteiger partial charge in [-0.15, -0.1) is 0 Å². The summed E-state index contributed by atoms with van der Waals surface area (Å²) < 4.78 is 5.28. The first-order valence-electron chi connectivity index (χ1n) is 6.03. The minimum Gasteiger partial charge on any atom is -0.504 e. The normalized spacial score (nSPS) is 10.3. The maximum absolute atomic E-state index is 11.7. The molecule has 100 valence electrons. The van der Waals surface area contributed by atoms with E-state index in [1.807, 2.05) is 6.92 Å². The lowest BCUT2D eigenvalue weighted by Crippen LogP contribution is -2.25. The third-order valence-electron chi connectivity index (χ3n) is 2.34. The molecule has 0 saturated heterocycles. The highest BCUT2D eigenvalue weighted by Gasteiger charge is 2.07. The number of nitrogens with one attached hydrogen (secondary N) is 1. The van der Waals surface area contributed by atoms with Crippen LogP contribution < -0.4 is 5.32 Å². The van der Waals surface area contributed by atoms with Gasteiger partial charge in [0.1, 0.15) is 0 Å². The molecule has 0 aliphatic heterocycles. The molecule has 3 N–H and O–H groups in total. The SMILES string of the molecule is CCCOCCCNC(=O)c1ccc(O)c(O)c1. The highest BCUT2D eigenvalue weighted by molar-refractivity contribution is 5.94. The largest absolute Gasteiger partial charge is 0.504 e. The van der Waals surface area contributed by atoms with E-state index in [1.165, 1.54) is 18.2 Å². The van der Waals surface area contributed by atoms with E-state index >= 15 is 0 Å². The fraction of sp³-hybridized carbons (Fsp3) is 0.462. The summed E-state index contributed by atoms with van der Waals surface area (Å²) in [7, 11) is 0. The summed E-state index contributed by atoms with van der Waals surface area (Å²) in [4.78, 5) is 11.7. The van der Waals surface area contributed by atoms with Crippen LogP contribution in [-0.2, 0) is 4.74 Å². The van der Waals surface area contributed by atoms with Gasteiger partial charge in [-0.05, 0) is 31.0 Å². The molecule has 1 aromatic rings. The van der Waals surface area contributed by atoms with E-state index in [9.17, 15) is 9.90 Å². The lowest BCUT2D eigenvalue weighted by molar-refractivity contribution is 0.0941. The molecule has 0 aliphatic carbocycles. The van der Waals surface area contributed by atoms with Gasteiger partial charge in [0.15, 0.2) is 11.5 Å². The van der Waals surface area contributed by atoms with Crippen LogP contribution in [0.3, 0.4) is 0 Å². The number of rotatable bonds is 7. The summed E-state index contributed by atoms with van der Waals surface area (Å²) in [5.41, 5.74) is 0.319. The second-order valence-electron chi connectivity index (χ2n) is 3.93. The van der Waals surface area contributed by atoms with Crippen LogP contribution in [0.25, 0.3) is 0 Å². The van der Waals surface area contributed by atoms with Crippen molar-refractivity contribution in [3.63, 3.8) is 0 Å². The predicted octanol–water partition coefficient (Wildman–Crippen LogP) is 1.64. The molecule has 1 aromatic carbocycles. The summed E-state index contributed by atoms with van der Waals surface area (Å²) in [6, 6.07) is 3.98. The Labute approximate surface area is 106 Å². The Balaban J connectivity index is 2.30. The average Bonchev–Trinajstić information content (AvgIpc) is 2.36. The van der Waals surface area contributed by atoms with E-state index in [4.69, 9.17) is 9.84 Å². The molecular formula is C13H19NO4. The molecule has 5 heteroatoms. The number of amides is 1. The maximum Gasteiger partial charge on any atom is 0.251 e. The first-order valence-corrected chi connectivity index (χ1v) is 6.03. The van der Waals surface area contributed by atoms with Crippen LogP contribution in [0.15, 0.2) is 18.2 Å². The highest BCUT2D eigenvalue weighted by atomic mass is 16.5. The average molecular weight is 253 g/mol. The Morgan fingerprint density at radius 1 is 1.28 bits per heavy atom. The first-order chi connectivity index (χ1) is 8.65. The highest BCUT2D eigenvalue weighted by Crippen LogP contribution is 2.24. The van der Waals surface area contributed by atoms with Crippen molar-refractivity contribution in [3.8, 4) is 11.5 Å². The monoisotopic (exact) mass is 253 g/mol. The van der Waals surface area contributed by atoms with E-state index in [1.54, 1.807) is 0 Å². The minimum atomic E-state index is -0.297. The van der Waals surface area contributed by atoms with E-state index in [2.05, 4.69) is 5.32 Å². The van der Waals surface area contributed by atoms with Gasteiger partial charge in [-0.1, -0.05) is 6.92 Å². The molecule has 1 amide bonds. The van der Waals surface area contributed by atoms with E-state index in [0.717, 1.165) is 19.4 Å². The van der Waals surface area contributed by atoms with Crippen LogP contribution in [0.1, 0.15) is 30.1 Å². The number of carbonyl (C=O) groups excluding carboxylic acids is 1. The number of ether oxygens (including phenoxy) is 1. The van der Waals surface area contributed by atoms with Crippen molar-refractivity contribution in [3.05, 3.63) is 23.8 Å². The number of hydrogen-bond acceptors (Lipinski definition) is 4. The smallest absolute Gasteiger partial charge is 0.251 e. The molecule has 0 bridgehead atoms. The topological polar surface area (TPSA) is 78.8 Å². The van der Waals surface area contributed by atoms with Crippen molar-refractivity contribution in [1.82, 2.24) is 5.32 Å². The van der Waals surface area contributed by atoms with Gasteiger partial charge in [0.25, 0.3) is 5.91 Å². The number of phenols is 2. The number of benzene rings is 1. The zero-order chi connectivity index (χ0) is 13.4. The minimum absolute atomic E-state index is 0.237. The molecule has 0 radical (unpaired) electrons. The van der Waals surface area contributed by atoms with E-state index < -0.39 is 0 Å². The predicted molar refractivity (Wildman–Crippen MR) is 67.8 cm³/mol. The zero-order valence-corrected chi connectivity index (χ0v) is 10.5. The molecule has 18 heavy (non-hydrogen) atoms. The van der Waals surface area contributed by atoms with Gasteiger partial charge in [0, 0.05) is 25.3 Å². The number of hydrogen-bond donors (Lipinski definition) is 3. The van der Waals surface area contributed by atoms with Crippen molar-refractivity contribution < 1.29 is 19.7 Å². The summed E-state index contributed by atoms with van der Waals surface area (Å²) in [6.07, 6.45) is 1.73. The second-order valence-corrected chi connectivity index (χ2v) is 3.93. The number of carbonyl (C=O) groups is 1. The van der Waals surface area contributed by atoms with Crippen LogP contribution >= 0.6 is 0 Å². The standard InChI is InChI=1S/C13H19NO4/c1-2-7-18-8-3-6-14-13(17)10-4-5-11(15)12(16)9-10/h4-5,9,15-16H,2-3,6-8H2,1H3,(H,14,17). The van der Waals surface area contributed by atoms with Crippen molar-refractivity contribution in [2.75, 3.05) is 19.8 Å². The van der Waals surface area contributed by atoms with Crippen molar-refractivity contribution in [2.24, 2.45) is 0 Å². The summed E-state index contributed by atoms with van der Waals surface area (Å²) in [5.74, 6) is -0.811.